The normalized spacial score (nSPS) is 14.4. The highest BCUT2D eigenvalue weighted by Gasteiger charge is 2.18. The zero-order valence-electron chi connectivity index (χ0n) is 10.5. The van der Waals surface area contributed by atoms with E-state index in [9.17, 15) is 0 Å². The summed E-state index contributed by atoms with van der Waals surface area (Å²) in [6.45, 7) is 2.19. The molecule has 2 unspecified atom stereocenters. The molecule has 0 aliphatic heterocycles. The van der Waals surface area contributed by atoms with Crippen LogP contribution in [0.5, 0.6) is 0 Å². The molecule has 0 bridgehead atoms. The molecule has 2 atom stereocenters. The van der Waals surface area contributed by atoms with Gasteiger partial charge in [-0.2, -0.15) is 0 Å². The quantitative estimate of drug-likeness (QED) is 0.859. The first kappa shape index (κ1) is 13.6. The summed E-state index contributed by atoms with van der Waals surface area (Å²) in [5.41, 5.74) is 7.69. The minimum absolute atomic E-state index is 0.145. The van der Waals surface area contributed by atoms with Crippen molar-refractivity contribution in [3.05, 3.63) is 57.2 Å². The molecule has 2 rings (SSSR count). The van der Waals surface area contributed by atoms with Gasteiger partial charge in [0.25, 0.3) is 0 Å². The van der Waals surface area contributed by atoms with Crippen LogP contribution in [0.2, 0.25) is 4.34 Å². The molecule has 2 aromatic rings. The molecule has 18 heavy (non-hydrogen) atoms. The average Bonchev–Trinajstić information content (AvgIpc) is 2.77. The van der Waals surface area contributed by atoms with Crippen LogP contribution in [-0.2, 0) is 6.42 Å². The molecule has 0 amide bonds. The van der Waals surface area contributed by atoms with Crippen molar-refractivity contribution >= 4 is 22.9 Å². The van der Waals surface area contributed by atoms with E-state index in [1.54, 1.807) is 11.3 Å². The standard InChI is InChI=1S/C15H18ClNS/c1-2-13(11-6-4-3-5-7-11)14(17)10-12-8-9-15(16)18-12/h3-9,13-14H,2,10,17H2,1H3. The van der Waals surface area contributed by atoms with Gasteiger partial charge in [0.15, 0.2) is 0 Å². The van der Waals surface area contributed by atoms with E-state index in [0.717, 1.165) is 17.2 Å². The van der Waals surface area contributed by atoms with Crippen LogP contribution in [0.3, 0.4) is 0 Å². The van der Waals surface area contributed by atoms with Crippen LogP contribution < -0.4 is 5.73 Å². The van der Waals surface area contributed by atoms with E-state index in [1.807, 2.05) is 12.1 Å². The van der Waals surface area contributed by atoms with Gasteiger partial charge in [-0.25, -0.2) is 0 Å². The first-order chi connectivity index (χ1) is 8.70. The minimum atomic E-state index is 0.145. The number of halogens is 1. The second kappa shape index (κ2) is 6.37. The van der Waals surface area contributed by atoms with E-state index in [4.69, 9.17) is 17.3 Å². The highest BCUT2D eigenvalue weighted by atomic mass is 35.5. The molecule has 0 aliphatic carbocycles. The Hall–Kier alpha value is -0.830. The molecule has 0 radical (unpaired) electrons. The molecular weight excluding hydrogens is 262 g/mol. The van der Waals surface area contributed by atoms with E-state index in [0.29, 0.717) is 5.92 Å². The van der Waals surface area contributed by atoms with E-state index in [1.165, 1.54) is 10.4 Å². The number of benzene rings is 1. The third-order valence-corrected chi connectivity index (χ3v) is 4.50. The lowest BCUT2D eigenvalue weighted by atomic mass is 9.88. The fourth-order valence-electron chi connectivity index (χ4n) is 2.32. The van der Waals surface area contributed by atoms with Crippen molar-refractivity contribution in [2.75, 3.05) is 0 Å². The molecule has 0 aliphatic rings. The van der Waals surface area contributed by atoms with Crippen LogP contribution in [-0.4, -0.2) is 6.04 Å². The van der Waals surface area contributed by atoms with Crippen LogP contribution in [0.15, 0.2) is 42.5 Å². The molecule has 1 aromatic heterocycles. The first-order valence-corrected chi connectivity index (χ1v) is 7.45. The third-order valence-electron chi connectivity index (χ3n) is 3.25. The monoisotopic (exact) mass is 279 g/mol. The van der Waals surface area contributed by atoms with Crippen molar-refractivity contribution in [3.63, 3.8) is 0 Å². The summed E-state index contributed by atoms with van der Waals surface area (Å²) in [7, 11) is 0. The molecule has 0 saturated carbocycles. The maximum Gasteiger partial charge on any atom is 0.0931 e. The summed E-state index contributed by atoms with van der Waals surface area (Å²) in [5, 5.41) is 0. The average molecular weight is 280 g/mol. The molecule has 0 saturated heterocycles. The van der Waals surface area contributed by atoms with E-state index in [-0.39, 0.29) is 6.04 Å². The van der Waals surface area contributed by atoms with Gasteiger partial charge < -0.3 is 5.73 Å². The van der Waals surface area contributed by atoms with Gasteiger partial charge in [-0.1, -0.05) is 48.9 Å². The summed E-state index contributed by atoms with van der Waals surface area (Å²) >= 11 is 7.58. The van der Waals surface area contributed by atoms with Crippen molar-refractivity contribution in [1.82, 2.24) is 0 Å². The van der Waals surface area contributed by atoms with Crippen LogP contribution in [0.25, 0.3) is 0 Å². The SMILES string of the molecule is CCC(c1ccccc1)C(N)Cc1ccc(Cl)s1. The third kappa shape index (κ3) is 3.35. The highest BCUT2D eigenvalue weighted by Crippen LogP contribution is 2.28. The number of rotatable bonds is 5. The molecule has 1 aromatic carbocycles. The lowest BCUT2D eigenvalue weighted by Crippen LogP contribution is -2.30. The van der Waals surface area contributed by atoms with Crippen molar-refractivity contribution in [1.29, 1.82) is 0 Å². The molecule has 0 spiro atoms. The van der Waals surface area contributed by atoms with Crippen LogP contribution in [0.1, 0.15) is 29.7 Å². The van der Waals surface area contributed by atoms with Gasteiger partial charge in [0, 0.05) is 10.9 Å². The summed E-state index contributed by atoms with van der Waals surface area (Å²) in [6, 6.07) is 14.7. The van der Waals surface area contributed by atoms with E-state index < -0.39 is 0 Å². The summed E-state index contributed by atoms with van der Waals surface area (Å²) in [5.74, 6) is 0.409. The molecule has 1 heterocycles. The Labute approximate surface area is 118 Å². The second-order valence-electron chi connectivity index (χ2n) is 4.50. The number of hydrogen-bond donors (Lipinski definition) is 1. The lowest BCUT2D eigenvalue weighted by molar-refractivity contribution is 0.517. The molecule has 0 fully saturated rings. The minimum Gasteiger partial charge on any atom is -0.327 e. The van der Waals surface area contributed by atoms with Crippen molar-refractivity contribution in [2.24, 2.45) is 5.73 Å². The van der Waals surface area contributed by atoms with Crippen LogP contribution >= 0.6 is 22.9 Å². The van der Waals surface area contributed by atoms with Gasteiger partial charge >= 0.3 is 0 Å². The fourth-order valence-corrected chi connectivity index (χ4v) is 3.48. The lowest BCUT2D eigenvalue weighted by Gasteiger charge is -2.22. The van der Waals surface area contributed by atoms with E-state index >= 15 is 0 Å². The Bertz CT molecular complexity index is 480. The number of hydrogen-bond acceptors (Lipinski definition) is 2. The zero-order chi connectivity index (χ0) is 13.0. The Morgan fingerprint density at radius 1 is 1.17 bits per heavy atom. The Morgan fingerprint density at radius 2 is 1.89 bits per heavy atom. The smallest absolute Gasteiger partial charge is 0.0931 e. The molecular formula is C15H18ClNS. The largest absolute Gasteiger partial charge is 0.327 e. The first-order valence-electron chi connectivity index (χ1n) is 6.25. The van der Waals surface area contributed by atoms with Gasteiger partial charge in [-0.05, 0) is 36.5 Å². The maximum absolute atomic E-state index is 6.37. The van der Waals surface area contributed by atoms with Crippen LogP contribution in [0.4, 0.5) is 0 Å². The van der Waals surface area contributed by atoms with E-state index in [2.05, 4.69) is 37.3 Å². The zero-order valence-corrected chi connectivity index (χ0v) is 12.0. The van der Waals surface area contributed by atoms with Gasteiger partial charge in [0.2, 0.25) is 0 Å². The van der Waals surface area contributed by atoms with Crippen molar-refractivity contribution in [3.8, 4) is 0 Å². The molecule has 1 nitrogen and oxygen atoms in total. The van der Waals surface area contributed by atoms with Gasteiger partial charge in [-0.15, -0.1) is 11.3 Å². The maximum atomic E-state index is 6.37. The van der Waals surface area contributed by atoms with Gasteiger partial charge in [0.05, 0.1) is 4.34 Å². The van der Waals surface area contributed by atoms with Crippen molar-refractivity contribution in [2.45, 2.75) is 31.7 Å². The fraction of sp³-hybridized carbons (Fsp3) is 0.333. The Balaban J connectivity index is 2.08. The predicted octanol–water partition coefficient (Wildman–Crippen LogP) is 4.47. The number of thiophene rings is 1. The van der Waals surface area contributed by atoms with Gasteiger partial charge in [0.1, 0.15) is 0 Å². The van der Waals surface area contributed by atoms with Gasteiger partial charge in [-0.3, -0.25) is 0 Å². The Morgan fingerprint density at radius 3 is 2.44 bits per heavy atom. The Kier molecular flexibility index (Phi) is 4.81. The number of nitrogens with two attached hydrogens (primary N) is 1. The summed E-state index contributed by atoms with van der Waals surface area (Å²) in [4.78, 5) is 1.27. The highest BCUT2D eigenvalue weighted by molar-refractivity contribution is 7.16. The molecule has 96 valence electrons. The van der Waals surface area contributed by atoms with Crippen LogP contribution in [0, 0.1) is 0 Å². The summed E-state index contributed by atoms with van der Waals surface area (Å²) < 4.78 is 0.838. The molecule has 3 heteroatoms. The second-order valence-corrected chi connectivity index (χ2v) is 6.30. The van der Waals surface area contributed by atoms with Crippen molar-refractivity contribution < 1.29 is 0 Å². The topological polar surface area (TPSA) is 26.0 Å². The molecule has 2 N–H and O–H groups in total. The predicted molar refractivity (Wildman–Crippen MR) is 80.5 cm³/mol. The summed E-state index contributed by atoms with van der Waals surface area (Å²) in [6.07, 6.45) is 1.95.